The minimum atomic E-state index is 0. The van der Waals surface area contributed by atoms with Crippen LogP contribution in [0.2, 0.25) is 0 Å². The number of benzene rings is 1. The van der Waals surface area contributed by atoms with Gasteiger partial charge in [0.1, 0.15) is 5.75 Å². The molecule has 4 nitrogen and oxygen atoms in total. The van der Waals surface area contributed by atoms with Gasteiger partial charge in [-0.1, -0.05) is 0 Å². The molecule has 1 aromatic carbocycles. The molecule has 1 amide bonds. The van der Waals surface area contributed by atoms with Crippen molar-refractivity contribution in [3.05, 3.63) is 24.3 Å². The van der Waals surface area contributed by atoms with Gasteiger partial charge in [-0.3, -0.25) is 4.79 Å². The highest BCUT2D eigenvalue weighted by Gasteiger charge is 2.01. The molecule has 0 aliphatic heterocycles. The van der Waals surface area contributed by atoms with E-state index in [0.717, 1.165) is 35.9 Å². The van der Waals surface area contributed by atoms with Crippen LogP contribution >= 0.6 is 24.2 Å². The van der Waals surface area contributed by atoms with Crippen LogP contribution in [0, 0.1) is 0 Å². The number of methoxy groups -OCH3 is 1. The molecule has 0 aromatic heterocycles. The van der Waals surface area contributed by atoms with E-state index < -0.39 is 0 Å². The van der Waals surface area contributed by atoms with Crippen molar-refractivity contribution in [1.82, 2.24) is 10.6 Å². The Hall–Kier alpha value is -0.910. The van der Waals surface area contributed by atoms with Crippen molar-refractivity contribution in [2.45, 2.75) is 17.7 Å². The van der Waals surface area contributed by atoms with Crippen LogP contribution in [0.5, 0.6) is 5.75 Å². The van der Waals surface area contributed by atoms with Crippen LogP contribution in [0.25, 0.3) is 0 Å². The lowest BCUT2D eigenvalue weighted by Crippen LogP contribution is -2.26. The Kier molecular flexibility index (Phi) is 11.3. The lowest BCUT2D eigenvalue weighted by atomic mass is 10.3. The van der Waals surface area contributed by atoms with Crippen LogP contribution in [-0.2, 0) is 4.79 Å². The van der Waals surface area contributed by atoms with Gasteiger partial charge >= 0.3 is 0 Å². The zero-order valence-corrected chi connectivity index (χ0v) is 13.6. The molecule has 1 rings (SSSR count). The summed E-state index contributed by atoms with van der Waals surface area (Å²) in [6, 6.07) is 7.88. The maximum atomic E-state index is 11.5. The molecular formula is C14H23ClN2O2S. The molecule has 0 spiro atoms. The van der Waals surface area contributed by atoms with E-state index in [0.29, 0.717) is 6.42 Å². The third kappa shape index (κ3) is 8.30. The van der Waals surface area contributed by atoms with Crippen LogP contribution in [-0.4, -0.2) is 38.9 Å². The molecule has 0 atom stereocenters. The fraction of sp³-hybridized carbons (Fsp3) is 0.500. The fourth-order valence-corrected chi connectivity index (χ4v) is 2.37. The number of halogens is 1. The maximum absolute atomic E-state index is 11.5. The summed E-state index contributed by atoms with van der Waals surface area (Å²) in [4.78, 5) is 12.7. The summed E-state index contributed by atoms with van der Waals surface area (Å²) in [5.74, 6) is 1.77. The van der Waals surface area contributed by atoms with Gasteiger partial charge in [0.25, 0.3) is 0 Å². The number of carbonyl (C=O) groups excluding carboxylic acids is 1. The SMILES string of the molecule is CNCCCNC(=O)CCSc1ccc(OC)cc1.Cl. The van der Waals surface area contributed by atoms with Crippen LogP contribution < -0.4 is 15.4 Å². The normalized spacial score (nSPS) is 9.70. The molecule has 0 aliphatic carbocycles. The van der Waals surface area contributed by atoms with Crippen molar-refractivity contribution in [3.8, 4) is 5.75 Å². The topological polar surface area (TPSA) is 50.4 Å². The van der Waals surface area contributed by atoms with Crippen molar-refractivity contribution in [3.63, 3.8) is 0 Å². The van der Waals surface area contributed by atoms with E-state index in [9.17, 15) is 4.79 Å². The molecule has 20 heavy (non-hydrogen) atoms. The molecule has 0 unspecified atom stereocenters. The molecule has 0 heterocycles. The zero-order valence-electron chi connectivity index (χ0n) is 12.0. The second-order valence-electron chi connectivity index (χ2n) is 4.08. The van der Waals surface area contributed by atoms with Gasteiger partial charge in [-0.25, -0.2) is 0 Å². The maximum Gasteiger partial charge on any atom is 0.220 e. The molecule has 0 bridgehead atoms. The first-order valence-corrected chi connectivity index (χ1v) is 7.43. The van der Waals surface area contributed by atoms with Crippen molar-refractivity contribution in [1.29, 1.82) is 0 Å². The van der Waals surface area contributed by atoms with E-state index in [4.69, 9.17) is 4.74 Å². The summed E-state index contributed by atoms with van der Waals surface area (Å²) in [5, 5.41) is 5.96. The van der Waals surface area contributed by atoms with Crippen molar-refractivity contribution < 1.29 is 9.53 Å². The Labute approximate surface area is 131 Å². The van der Waals surface area contributed by atoms with E-state index in [2.05, 4.69) is 10.6 Å². The number of hydrogen-bond acceptors (Lipinski definition) is 4. The number of ether oxygens (including phenoxy) is 1. The fourth-order valence-electron chi connectivity index (χ4n) is 1.51. The minimum absolute atomic E-state index is 0. The molecule has 0 radical (unpaired) electrons. The molecule has 0 saturated heterocycles. The van der Waals surface area contributed by atoms with Gasteiger partial charge in [-0.2, -0.15) is 0 Å². The number of carbonyl (C=O) groups is 1. The standard InChI is InChI=1S/C14H22N2O2S.ClH/c1-15-9-3-10-16-14(17)8-11-19-13-6-4-12(18-2)5-7-13;/h4-7,15H,3,8-11H2,1-2H3,(H,16,17);1H. The number of rotatable bonds is 9. The van der Waals surface area contributed by atoms with Crippen molar-refractivity contribution in [2.75, 3.05) is 33.0 Å². The number of thioether (sulfide) groups is 1. The summed E-state index contributed by atoms with van der Waals surface area (Å²) in [7, 11) is 3.56. The predicted octanol–water partition coefficient (Wildman–Crippen LogP) is 2.32. The quantitative estimate of drug-likeness (QED) is 0.542. The average Bonchev–Trinajstić information content (AvgIpc) is 2.44. The first-order chi connectivity index (χ1) is 9.26. The van der Waals surface area contributed by atoms with Gasteiger partial charge < -0.3 is 15.4 Å². The number of amides is 1. The molecule has 0 fully saturated rings. The van der Waals surface area contributed by atoms with Crippen molar-refractivity contribution >= 4 is 30.1 Å². The van der Waals surface area contributed by atoms with E-state index >= 15 is 0 Å². The summed E-state index contributed by atoms with van der Waals surface area (Å²) in [5.41, 5.74) is 0. The Morgan fingerprint density at radius 1 is 1.25 bits per heavy atom. The largest absolute Gasteiger partial charge is 0.497 e. The van der Waals surface area contributed by atoms with Gasteiger partial charge in [0.05, 0.1) is 7.11 Å². The highest BCUT2D eigenvalue weighted by atomic mass is 35.5. The monoisotopic (exact) mass is 318 g/mol. The molecule has 2 N–H and O–H groups in total. The molecule has 6 heteroatoms. The predicted molar refractivity (Wildman–Crippen MR) is 87.1 cm³/mol. The van der Waals surface area contributed by atoms with Gasteiger partial charge in [0.15, 0.2) is 0 Å². The smallest absolute Gasteiger partial charge is 0.220 e. The summed E-state index contributed by atoms with van der Waals surface area (Å²) in [6.45, 7) is 1.67. The first-order valence-electron chi connectivity index (χ1n) is 6.44. The Bertz CT molecular complexity index is 374. The minimum Gasteiger partial charge on any atom is -0.497 e. The summed E-state index contributed by atoms with van der Waals surface area (Å²) < 4.78 is 5.10. The van der Waals surface area contributed by atoms with E-state index in [1.54, 1.807) is 18.9 Å². The Morgan fingerprint density at radius 3 is 2.55 bits per heavy atom. The Morgan fingerprint density at radius 2 is 1.95 bits per heavy atom. The molecule has 1 aromatic rings. The zero-order chi connectivity index (χ0) is 13.9. The molecular weight excluding hydrogens is 296 g/mol. The lowest BCUT2D eigenvalue weighted by Gasteiger charge is -2.05. The second-order valence-corrected chi connectivity index (χ2v) is 5.25. The average molecular weight is 319 g/mol. The van der Waals surface area contributed by atoms with E-state index in [1.807, 2.05) is 31.3 Å². The lowest BCUT2D eigenvalue weighted by molar-refractivity contribution is -0.120. The highest BCUT2D eigenvalue weighted by molar-refractivity contribution is 7.99. The van der Waals surface area contributed by atoms with Crippen molar-refractivity contribution in [2.24, 2.45) is 0 Å². The van der Waals surface area contributed by atoms with Gasteiger partial charge in [-0.15, -0.1) is 24.2 Å². The molecule has 0 saturated carbocycles. The third-order valence-electron chi connectivity index (χ3n) is 2.58. The van der Waals surface area contributed by atoms with Gasteiger partial charge in [0, 0.05) is 23.6 Å². The van der Waals surface area contributed by atoms with Crippen LogP contribution in [0.1, 0.15) is 12.8 Å². The third-order valence-corrected chi connectivity index (χ3v) is 3.60. The van der Waals surface area contributed by atoms with Crippen LogP contribution in [0.15, 0.2) is 29.2 Å². The molecule has 0 aliphatic rings. The number of hydrogen-bond donors (Lipinski definition) is 2. The molecule has 114 valence electrons. The van der Waals surface area contributed by atoms with E-state index in [-0.39, 0.29) is 18.3 Å². The van der Waals surface area contributed by atoms with Gasteiger partial charge in [0.2, 0.25) is 5.91 Å². The van der Waals surface area contributed by atoms with Crippen LogP contribution in [0.3, 0.4) is 0 Å². The Balaban J connectivity index is 0.00000361. The number of nitrogens with one attached hydrogen (secondary N) is 2. The van der Waals surface area contributed by atoms with Crippen LogP contribution in [0.4, 0.5) is 0 Å². The summed E-state index contributed by atoms with van der Waals surface area (Å²) in [6.07, 6.45) is 1.52. The van der Waals surface area contributed by atoms with E-state index in [1.165, 1.54) is 0 Å². The highest BCUT2D eigenvalue weighted by Crippen LogP contribution is 2.21. The first kappa shape index (κ1) is 19.1. The van der Waals surface area contributed by atoms with Gasteiger partial charge in [-0.05, 0) is 44.3 Å². The summed E-state index contributed by atoms with van der Waals surface area (Å²) >= 11 is 1.68. The second kappa shape index (κ2) is 11.9.